The number of hydrogen-bond acceptors (Lipinski definition) is 4. The maximum atomic E-state index is 12.7. The van der Waals surface area contributed by atoms with E-state index in [9.17, 15) is 8.42 Å². The third kappa shape index (κ3) is 3.33. The van der Waals surface area contributed by atoms with Crippen LogP contribution < -0.4 is 5.73 Å². The first-order valence-corrected chi connectivity index (χ1v) is 8.81. The summed E-state index contributed by atoms with van der Waals surface area (Å²) in [5.41, 5.74) is 5.30. The first-order chi connectivity index (χ1) is 9.41. The highest BCUT2D eigenvalue weighted by Gasteiger charge is 2.39. The van der Waals surface area contributed by atoms with Gasteiger partial charge in [-0.05, 0) is 45.1 Å². The number of piperidine rings is 2. The van der Waals surface area contributed by atoms with Gasteiger partial charge in [0, 0.05) is 33.3 Å². The average Bonchev–Trinajstić information content (AvgIpc) is 2.47. The molecule has 0 aromatic carbocycles. The molecular formula is C13H27N3O3S. The van der Waals surface area contributed by atoms with Gasteiger partial charge in [-0.15, -0.1) is 0 Å². The van der Waals surface area contributed by atoms with E-state index in [1.165, 1.54) is 0 Å². The lowest BCUT2D eigenvalue weighted by molar-refractivity contribution is -0.0331. The van der Waals surface area contributed by atoms with E-state index in [-0.39, 0.29) is 5.60 Å². The summed E-state index contributed by atoms with van der Waals surface area (Å²) in [5, 5.41) is 0. The summed E-state index contributed by atoms with van der Waals surface area (Å²) in [6.07, 6.45) is 3.49. The molecule has 2 rings (SSSR count). The van der Waals surface area contributed by atoms with Gasteiger partial charge in [0.1, 0.15) is 0 Å². The van der Waals surface area contributed by atoms with E-state index in [1.54, 1.807) is 15.7 Å². The molecule has 2 saturated heterocycles. The van der Waals surface area contributed by atoms with Crippen LogP contribution in [0.5, 0.6) is 0 Å². The monoisotopic (exact) mass is 305 g/mol. The minimum Gasteiger partial charge on any atom is -0.377 e. The smallest absolute Gasteiger partial charge is 0.282 e. The quantitative estimate of drug-likeness (QED) is 0.816. The fourth-order valence-electron chi connectivity index (χ4n) is 3.06. The number of hydrogen-bond donors (Lipinski definition) is 1. The summed E-state index contributed by atoms with van der Waals surface area (Å²) in [7, 11) is -1.70. The third-order valence-electron chi connectivity index (χ3n) is 4.68. The van der Waals surface area contributed by atoms with Gasteiger partial charge in [0.05, 0.1) is 5.60 Å². The molecule has 0 amide bonds. The summed E-state index contributed by atoms with van der Waals surface area (Å²) in [5.74, 6) is 0.465. The molecule has 1 unspecified atom stereocenters. The van der Waals surface area contributed by atoms with Gasteiger partial charge in [0.25, 0.3) is 10.2 Å². The van der Waals surface area contributed by atoms with Crippen LogP contribution in [0, 0.1) is 5.92 Å². The second-order valence-corrected chi connectivity index (χ2v) is 8.11. The first-order valence-electron chi connectivity index (χ1n) is 7.42. The zero-order chi connectivity index (χ0) is 14.8. The zero-order valence-electron chi connectivity index (χ0n) is 12.5. The summed E-state index contributed by atoms with van der Waals surface area (Å²) in [6.45, 7) is 4.85. The van der Waals surface area contributed by atoms with Crippen LogP contribution in [-0.4, -0.2) is 62.5 Å². The Morgan fingerprint density at radius 1 is 1.25 bits per heavy atom. The maximum Gasteiger partial charge on any atom is 0.282 e. The topological polar surface area (TPSA) is 75.9 Å². The molecule has 7 heteroatoms. The minimum atomic E-state index is -3.35. The second-order valence-electron chi connectivity index (χ2n) is 6.18. The lowest BCUT2D eigenvalue weighted by atomic mass is 9.96. The Balaban J connectivity index is 2.03. The van der Waals surface area contributed by atoms with Crippen LogP contribution >= 0.6 is 0 Å². The summed E-state index contributed by atoms with van der Waals surface area (Å²) in [6, 6.07) is 0. The van der Waals surface area contributed by atoms with E-state index in [1.807, 2.05) is 6.92 Å². The van der Waals surface area contributed by atoms with Gasteiger partial charge in [0.2, 0.25) is 0 Å². The molecule has 118 valence electrons. The molecule has 0 radical (unpaired) electrons. The molecule has 2 aliphatic rings. The van der Waals surface area contributed by atoms with Crippen molar-refractivity contribution in [1.82, 2.24) is 8.61 Å². The van der Waals surface area contributed by atoms with Crippen molar-refractivity contribution in [2.45, 2.75) is 38.2 Å². The second kappa shape index (κ2) is 6.27. The van der Waals surface area contributed by atoms with Gasteiger partial charge in [-0.1, -0.05) is 0 Å². The Labute approximate surface area is 122 Å². The molecule has 2 heterocycles. The molecule has 1 atom stereocenters. The van der Waals surface area contributed by atoms with Gasteiger partial charge in [-0.2, -0.15) is 17.0 Å². The standard InChI is InChI=1S/C13H27N3O3S/c1-13(19-2)6-3-7-16(11-13)20(17,18)15-8-4-12(10-14)5-9-15/h12H,3-11,14H2,1-2H3. The van der Waals surface area contributed by atoms with Crippen LogP contribution in [0.1, 0.15) is 32.6 Å². The van der Waals surface area contributed by atoms with Crippen molar-refractivity contribution in [1.29, 1.82) is 0 Å². The Morgan fingerprint density at radius 2 is 1.90 bits per heavy atom. The molecule has 0 saturated carbocycles. The molecule has 0 bridgehead atoms. The van der Waals surface area contributed by atoms with Crippen LogP contribution in [-0.2, 0) is 14.9 Å². The van der Waals surface area contributed by atoms with Crippen LogP contribution in [0.3, 0.4) is 0 Å². The average molecular weight is 305 g/mol. The molecule has 20 heavy (non-hydrogen) atoms. The molecule has 0 aromatic heterocycles. The molecule has 0 spiro atoms. The molecule has 2 aliphatic heterocycles. The molecule has 0 aromatic rings. The Bertz CT molecular complexity index is 421. The summed E-state index contributed by atoms with van der Waals surface area (Å²) < 4.78 is 34.1. The van der Waals surface area contributed by atoms with Crippen molar-refractivity contribution < 1.29 is 13.2 Å². The molecule has 2 fully saturated rings. The van der Waals surface area contributed by atoms with E-state index in [2.05, 4.69) is 0 Å². The summed E-state index contributed by atoms with van der Waals surface area (Å²) in [4.78, 5) is 0. The van der Waals surface area contributed by atoms with Crippen LogP contribution in [0.25, 0.3) is 0 Å². The van der Waals surface area contributed by atoms with Crippen LogP contribution in [0.15, 0.2) is 0 Å². The van der Waals surface area contributed by atoms with Crippen molar-refractivity contribution in [3.05, 3.63) is 0 Å². The van der Waals surface area contributed by atoms with Gasteiger partial charge >= 0.3 is 0 Å². The van der Waals surface area contributed by atoms with E-state index < -0.39 is 10.2 Å². The fourth-order valence-corrected chi connectivity index (χ4v) is 4.86. The first kappa shape index (κ1) is 16.2. The summed E-state index contributed by atoms with van der Waals surface area (Å²) >= 11 is 0. The van der Waals surface area contributed by atoms with Gasteiger partial charge in [0.15, 0.2) is 0 Å². The number of nitrogens with zero attached hydrogens (tertiary/aromatic N) is 2. The lowest BCUT2D eigenvalue weighted by Gasteiger charge is -2.41. The predicted octanol–water partition coefficient (Wildman–Crippen LogP) is 0.403. The van der Waals surface area contributed by atoms with E-state index in [0.29, 0.717) is 38.6 Å². The van der Waals surface area contributed by atoms with Gasteiger partial charge in [-0.25, -0.2) is 0 Å². The van der Waals surface area contributed by atoms with E-state index in [4.69, 9.17) is 10.5 Å². The Hall–Kier alpha value is -0.210. The van der Waals surface area contributed by atoms with Gasteiger partial charge < -0.3 is 10.5 Å². The van der Waals surface area contributed by atoms with Crippen molar-refractivity contribution in [2.75, 3.05) is 39.8 Å². The van der Waals surface area contributed by atoms with Crippen LogP contribution in [0.2, 0.25) is 0 Å². The van der Waals surface area contributed by atoms with Gasteiger partial charge in [-0.3, -0.25) is 0 Å². The molecule has 2 N–H and O–H groups in total. The molecule has 0 aliphatic carbocycles. The minimum absolute atomic E-state index is 0.360. The normalized spacial score (nSPS) is 31.6. The van der Waals surface area contributed by atoms with Crippen molar-refractivity contribution in [2.24, 2.45) is 11.7 Å². The Morgan fingerprint density at radius 3 is 2.45 bits per heavy atom. The largest absolute Gasteiger partial charge is 0.377 e. The molecule has 6 nitrogen and oxygen atoms in total. The number of ether oxygens (including phenoxy) is 1. The van der Waals surface area contributed by atoms with Crippen molar-refractivity contribution >= 4 is 10.2 Å². The van der Waals surface area contributed by atoms with Crippen molar-refractivity contribution in [3.8, 4) is 0 Å². The molecular weight excluding hydrogens is 278 g/mol. The Kier molecular flexibility index (Phi) is 5.07. The van der Waals surface area contributed by atoms with Crippen LogP contribution in [0.4, 0.5) is 0 Å². The highest BCUT2D eigenvalue weighted by molar-refractivity contribution is 7.86. The highest BCUT2D eigenvalue weighted by atomic mass is 32.2. The third-order valence-corrected chi connectivity index (χ3v) is 6.66. The predicted molar refractivity (Wildman–Crippen MR) is 78.5 cm³/mol. The number of methoxy groups -OCH3 is 1. The van der Waals surface area contributed by atoms with E-state index in [0.717, 1.165) is 25.7 Å². The number of nitrogens with two attached hydrogens (primary N) is 1. The van der Waals surface area contributed by atoms with E-state index >= 15 is 0 Å². The lowest BCUT2D eigenvalue weighted by Crippen LogP contribution is -2.55. The maximum absolute atomic E-state index is 12.7. The number of rotatable bonds is 4. The van der Waals surface area contributed by atoms with Crippen molar-refractivity contribution in [3.63, 3.8) is 0 Å². The highest BCUT2D eigenvalue weighted by Crippen LogP contribution is 2.28. The SMILES string of the molecule is COC1(C)CCCN(S(=O)(=O)N2CCC(CN)CC2)C1. The zero-order valence-corrected chi connectivity index (χ0v) is 13.4. The fraction of sp³-hybridized carbons (Fsp3) is 1.00.